The fraction of sp³-hybridized carbons (Fsp3) is 0.474. The number of anilines is 4. The fourth-order valence-electron chi connectivity index (χ4n) is 3.37. The van der Waals surface area contributed by atoms with Gasteiger partial charge in [-0.05, 0) is 27.7 Å². The summed E-state index contributed by atoms with van der Waals surface area (Å²) in [7, 11) is 0. The molecule has 0 aliphatic carbocycles. The van der Waals surface area contributed by atoms with Crippen LogP contribution < -0.4 is 15.5 Å². The van der Waals surface area contributed by atoms with E-state index in [1.807, 2.05) is 33.8 Å². The summed E-state index contributed by atoms with van der Waals surface area (Å²) in [5.41, 5.74) is 0.910. The van der Waals surface area contributed by atoms with Crippen LogP contribution in [0.15, 0.2) is 18.5 Å². The molecule has 1 aliphatic heterocycles. The van der Waals surface area contributed by atoms with Crippen molar-refractivity contribution in [2.24, 2.45) is 0 Å². The van der Waals surface area contributed by atoms with Gasteiger partial charge in [0.2, 0.25) is 17.8 Å². The summed E-state index contributed by atoms with van der Waals surface area (Å²) in [4.78, 5) is 23.8. The summed E-state index contributed by atoms with van der Waals surface area (Å²) in [6.45, 7) is 9.10. The van der Waals surface area contributed by atoms with Gasteiger partial charge >= 0.3 is 0 Å². The van der Waals surface area contributed by atoms with Crippen molar-refractivity contribution in [3.8, 4) is 0 Å². The predicted octanol–water partition coefficient (Wildman–Crippen LogP) is 2.36. The van der Waals surface area contributed by atoms with Crippen LogP contribution >= 0.6 is 0 Å². The van der Waals surface area contributed by atoms with Crippen LogP contribution in [-0.4, -0.2) is 60.4 Å². The third kappa shape index (κ3) is 5.20. The van der Waals surface area contributed by atoms with E-state index in [-0.39, 0.29) is 18.2 Å². The van der Waals surface area contributed by atoms with Gasteiger partial charge in [-0.1, -0.05) is 0 Å². The lowest BCUT2D eigenvalue weighted by atomic mass is 10.2. The van der Waals surface area contributed by atoms with E-state index in [1.165, 1.54) is 0 Å². The highest BCUT2D eigenvalue weighted by atomic mass is 19.1. The number of hydrogen-bond donors (Lipinski definition) is 3. The van der Waals surface area contributed by atoms with Gasteiger partial charge in [0.1, 0.15) is 5.82 Å². The number of H-pyrrole nitrogens is 1. The van der Waals surface area contributed by atoms with Gasteiger partial charge in [0.05, 0.1) is 30.6 Å². The Morgan fingerprint density at radius 2 is 1.81 bits per heavy atom. The Bertz CT molecular complexity index is 1020. The van der Waals surface area contributed by atoms with Gasteiger partial charge in [-0.25, -0.2) is 14.4 Å². The molecular formula is C19H25FN10O. The molecular weight excluding hydrogens is 403 g/mol. The van der Waals surface area contributed by atoms with Gasteiger partial charge in [0, 0.05) is 24.8 Å². The van der Waals surface area contributed by atoms with Crippen molar-refractivity contribution in [2.45, 2.75) is 45.9 Å². The van der Waals surface area contributed by atoms with Crippen LogP contribution in [0.5, 0.6) is 0 Å². The molecule has 3 atom stereocenters. The predicted molar refractivity (Wildman–Crippen MR) is 113 cm³/mol. The molecule has 31 heavy (non-hydrogen) atoms. The van der Waals surface area contributed by atoms with Gasteiger partial charge < -0.3 is 20.3 Å². The van der Waals surface area contributed by atoms with Crippen LogP contribution in [0.4, 0.5) is 28.1 Å². The number of aromatic amines is 1. The number of aryl methyl sites for hydroxylation is 1. The molecule has 1 saturated heterocycles. The minimum Gasteiger partial charge on any atom is -0.372 e. The second kappa shape index (κ2) is 8.76. The Balaban J connectivity index is 1.62. The van der Waals surface area contributed by atoms with Crippen molar-refractivity contribution in [2.75, 3.05) is 28.6 Å². The number of aromatic nitrogens is 7. The van der Waals surface area contributed by atoms with Crippen LogP contribution in [0.1, 0.15) is 38.3 Å². The van der Waals surface area contributed by atoms with E-state index in [1.54, 1.807) is 0 Å². The van der Waals surface area contributed by atoms with Gasteiger partial charge in [-0.15, -0.1) is 0 Å². The molecule has 12 heteroatoms. The minimum absolute atomic E-state index is 0.0499. The van der Waals surface area contributed by atoms with E-state index < -0.39 is 5.82 Å². The maximum absolute atomic E-state index is 13.1. The van der Waals surface area contributed by atoms with Crippen molar-refractivity contribution >= 4 is 23.7 Å². The highest BCUT2D eigenvalue weighted by Crippen LogP contribution is 2.22. The summed E-state index contributed by atoms with van der Waals surface area (Å²) in [6, 6.07) is 1.50. The fourth-order valence-corrected chi connectivity index (χ4v) is 3.37. The summed E-state index contributed by atoms with van der Waals surface area (Å²) in [6.07, 6.45) is 2.36. The minimum atomic E-state index is -0.491. The number of ether oxygens (including phenoxy) is 1. The first kappa shape index (κ1) is 20.8. The van der Waals surface area contributed by atoms with E-state index in [9.17, 15) is 4.39 Å². The average molecular weight is 428 g/mol. The van der Waals surface area contributed by atoms with Gasteiger partial charge in [-0.3, -0.25) is 5.10 Å². The molecule has 1 fully saturated rings. The van der Waals surface area contributed by atoms with Gasteiger partial charge in [0.25, 0.3) is 0 Å². The number of halogens is 1. The van der Waals surface area contributed by atoms with E-state index in [4.69, 9.17) is 4.74 Å². The zero-order valence-corrected chi connectivity index (χ0v) is 17.8. The van der Waals surface area contributed by atoms with E-state index in [2.05, 4.69) is 50.7 Å². The lowest BCUT2D eigenvalue weighted by Gasteiger charge is -2.35. The van der Waals surface area contributed by atoms with Crippen LogP contribution in [-0.2, 0) is 4.74 Å². The molecule has 0 bridgehead atoms. The third-order valence-electron chi connectivity index (χ3n) is 4.65. The highest BCUT2D eigenvalue weighted by Gasteiger charge is 2.25. The van der Waals surface area contributed by atoms with E-state index in [0.29, 0.717) is 42.6 Å². The maximum Gasteiger partial charge on any atom is 0.235 e. The Morgan fingerprint density at radius 3 is 2.45 bits per heavy atom. The molecule has 3 N–H and O–H groups in total. The first-order valence-corrected chi connectivity index (χ1v) is 10.0. The largest absolute Gasteiger partial charge is 0.372 e. The van der Waals surface area contributed by atoms with E-state index >= 15 is 0 Å². The van der Waals surface area contributed by atoms with Crippen LogP contribution in [0.3, 0.4) is 0 Å². The normalized spacial score (nSPS) is 19.8. The molecule has 1 aliphatic rings. The van der Waals surface area contributed by atoms with Crippen molar-refractivity contribution in [3.63, 3.8) is 0 Å². The Labute approximate surface area is 178 Å². The topological polar surface area (TPSA) is 130 Å². The average Bonchev–Trinajstić information content (AvgIpc) is 3.12. The SMILES string of the molecule is Cc1cc(Nc2nc(N[C@@H](C)c3ncc(F)cn3)nc(N3CC(C)O[C@H](C)C3)n2)n[nH]1. The van der Waals surface area contributed by atoms with Crippen molar-refractivity contribution in [1.82, 2.24) is 35.1 Å². The molecule has 0 radical (unpaired) electrons. The summed E-state index contributed by atoms with van der Waals surface area (Å²) in [5.74, 6) is 1.73. The smallest absolute Gasteiger partial charge is 0.235 e. The molecule has 4 rings (SSSR count). The number of hydrogen-bond acceptors (Lipinski definition) is 10. The lowest BCUT2D eigenvalue weighted by molar-refractivity contribution is -0.00571. The van der Waals surface area contributed by atoms with Crippen LogP contribution in [0, 0.1) is 12.7 Å². The summed E-state index contributed by atoms with van der Waals surface area (Å²) in [5, 5.41) is 13.3. The highest BCUT2D eigenvalue weighted by molar-refractivity contribution is 5.52. The molecule has 4 heterocycles. The monoisotopic (exact) mass is 428 g/mol. The standard InChI is InChI=1S/C19H25FN10O/c1-10-5-15(29-28-10)24-18-25-17(23-13(4)16-21-6-14(20)7-22-16)26-19(27-18)30-8-11(2)31-12(3)9-30/h5-7,11-13H,8-9H2,1-4H3,(H3,23,24,25,26,27,28,29)/t11-,12?,13+/m1/s1. The molecule has 0 saturated carbocycles. The second-order valence-electron chi connectivity index (χ2n) is 7.63. The van der Waals surface area contributed by atoms with Gasteiger partial charge in [0.15, 0.2) is 11.6 Å². The first-order valence-electron chi connectivity index (χ1n) is 10.0. The number of morpholine rings is 1. The lowest BCUT2D eigenvalue weighted by Crippen LogP contribution is -2.46. The van der Waals surface area contributed by atoms with Crippen LogP contribution in [0.2, 0.25) is 0 Å². The summed E-state index contributed by atoms with van der Waals surface area (Å²) < 4.78 is 19.0. The molecule has 0 aromatic carbocycles. The van der Waals surface area contributed by atoms with Crippen molar-refractivity contribution < 1.29 is 9.13 Å². The Kier molecular flexibility index (Phi) is 5.89. The second-order valence-corrected chi connectivity index (χ2v) is 7.63. The zero-order chi connectivity index (χ0) is 22.0. The first-order chi connectivity index (χ1) is 14.9. The zero-order valence-electron chi connectivity index (χ0n) is 17.8. The number of nitrogens with one attached hydrogen (secondary N) is 3. The Hall–Kier alpha value is -3.41. The molecule has 3 aromatic heterocycles. The summed E-state index contributed by atoms with van der Waals surface area (Å²) >= 11 is 0. The molecule has 11 nitrogen and oxygen atoms in total. The maximum atomic E-state index is 13.1. The van der Waals surface area contributed by atoms with Crippen LogP contribution in [0.25, 0.3) is 0 Å². The quantitative estimate of drug-likeness (QED) is 0.538. The molecule has 0 spiro atoms. The van der Waals surface area contributed by atoms with E-state index in [0.717, 1.165) is 18.1 Å². The molecule has 0 amide bonds. The van der Waals surface area contributed by atoms with Crippen molar-refractivity contribution in [3.05, 3.63) is 35.8 Å². The molecule has 3 aromatic rings. The number of nitrogens with zero attached hydrogens (tertiary/aromatic N) is 7. The van der Waals surface area contributed by atoms with Crippen molar-refractivity contribution in [1.29, 1.82) is 0 Å². The number of rotatable bonds is 6. The third-order valence-corrected chi connectivity index (χ3v) is 4.65. The molecule has 164 valence electrons. The Morgan fingerprint density at radius 1 is 1.13 bits per heavy atom. The van der Waals surface area contributed by atoms with Gasteiger partial charge in [-0.2, -0.15) is 20.1 Å². The molecule has 1 unspecified atom stereocenters.